The molecule has 2 aliphatic heterocycles. The van der Waals surface area contributed by atoms with Crippen molar-refractivity contribution in [2.75, 3.05) is 6.61 Å². The lowest BCUT2D eigenvalue weighted by molar-refractivity contribution is 0.0866. The van der Waals surface area contributed by atoms with Crippen molar-refractivity contribution < 1.29 is 13.9 Å². The van der Waals surface area contributed by atoms with E-state index < -0.39 is 5.82 Å². The van der Waals surface area contributed by atoms with Gasteiger partial charge in [0.25, 0.3) is 0 Å². The lowest BCUT2D eigenvalue weighted by atomic mass is 9.94. The molecule has 5 heteroatoms. The zero-order valence-electron chi connectivity index (χ0n) is 18.6. The molecular formula is C29H23FN2O2. The Hall–Kier alpha value is -3.91. The highest BCUT2D eigenvalue weighted by Gasteiger charge is 2.41. The third kappa shape index (κ3) is 3.38. The van der Waals surface area contributed by atoms with Crippen LogP contribution in [0.1, 0.15) is 47.4 Å². The van der Waals surface area contributed by atoms with E-state index >= 15 is 0 Å². The molecule has 168 valence electrons. The summed E-state index contributed by atoms with van der Waals surface area (Å²) in [5.74, 6) is -0.386. The Labute approximate surface area is 197 Å². The van der Waals surface area contributed by atoms with Crippen molar-refractivity contribution in [1.29, 1.82) is 5.26 Å². The maximum absolute atomic E-state index is 14.0. The minimum Gasteiger partial charge on any atom is -0.448 e. The minimum absolute atomic E-state index is 0.0226. The second kappa shape index (κ2) is 8.14. The first-order valence-corrected chi connectivity index (χ1v) is 11.7. The molecule has 0 N–H and O–H groups in total. The van der Waals surface area contributed by atoms with E-state index in [2.05, 4.69) is 24.3 Å². The molecule has 2 bridgehead atoms. The summed E-state index contributed by atoms with van der Waals surface area (Å²) >= 11 is 0. The van der Waals surface area contributed by atoms with Crippen LogP contribution in [0, 0.1) is 17.1 Å². The molecule has 3 aromatic rings. The SMILES string of the molecule is N#Cc1cc(F)cc(C2=CC3CCC(C2)N3C(=O)OCC2c3ccccc3-c3ccccc32)c1. The third-order valence-electron chi connectivity index (χ3n) is 7.34. The van der Waals surface area contributed by atoms with Crippen molar-refractivity contribution in [2.24, 2.45) is 0 Å². The highest BCUT2D eigenvalue weighted by atomic mass is 19.1. The van der Waals surface area contributed by atoms with Gasteiger partial charge >= 0.3 is 6.09 Å². The number of nitrogens with zero attached hydrogens (tertiary/aromatic N) is 2. The fraction of sp³-hybridized carbons (Fsp3) is 0.241. The molecule has 1 saturated heterocycles. The van der Waals surface area contributed by atoms with Gasteiger partial charge in [0, 0.05) is 12.0 Å². The van der Waals surface area contributed by atoms with Crippen LogP contribution < -0.4 is 0 Å². The number of nitriles is 1. The Kier molecular flexibility index (Phi) is 4.95. The average Bonchev–Trinajstić information content (AvgIpc) is 3.32. The third-order valence-corrected chi connectivity index (χ3v) is 7.34. The molecule has 1 fully saturated rings. The molecule has 34 heavy (non-hydrogen) atoms. The monoisotopic (exact) mass is 450 g/mol. The van der Waals surface area contributed by atoms with Gasteiger partial charge in [-0.25, -0.2) is 9.18 Å². The first-order chi connectivity index (χ1) is 16.6. The topological polar surface area (TPSA) is 53.3 Å². The van der Waals surface area contributed by atoms with E-state index in [-0.39, 0.29) is 24.1 Å². The molecule has 6 rings (SSSR count). The maximum atomic E-state index is 14.0. The van der Waals surface area contributed by atoms with Gasteiger partial charge < -0.3 is 4.74 Å². The van der Waals surface area contributed by atoms with Gasteiger partial charge in [0.1, 0.15) is 12.4 Å². The van der Waals surface area contributed by atoms with Crippen LogP contribution in [-0.4, -0.2) is 29.7 Å². The number of benzene rings is 3. The standard InChI is InChI=1S/C29H23FN2O2/c30-21-12-18(16-31)11-19(13-21)20-14-22-9-10-23(15-20)32(22)29(33)34-17-28-26-7-3-1-5-24(26)25-6-2-4-8-27(25)28/h1-8,11-14,22-23,28H,9-10,15,17H2. The number of amides is 1. The highest BCUT2D eigenvalue weighted by Crippen LogP contribution is 2.45. The van der Waals surface area contributed by atoms with Gasteiger partial charge in [0.15, 0.2) is 0 Å². The van der Waals surface area contributed by atoms with Crippen LogP contribution in [0.2, 0.25) is 0 Å². The second-order valence-corrected chi connectivity index (χ2v) is 9.25. The van der Waals surface area contributed by atoms with Crippen molar-refractivity contribution in [2.45, 2.75) is 37.3 Å². The minimum atomic E-state index is -0.415. The van der Waals surface area contributed by atoms with Crippen LogP contribution in [0.15, 0.2) is 72.8 Å². The van der Waals surface area contributed by atoms with Gasteiger partial charge in [0.2, 0.25) is 0 Å². The van der Waals surface area contributed by atoms with E-state index in [4.69, 9.17) is 4.74 Å². The quantitative estimate of drug-likeness (QED) is 0.473. The van der Waals surface area contributed by atoms with Gasteiger partial charge in [-0.1, -0.05) is 54.6 Å². The number of carbonyl (C=O) groups is 1. The van der Waals surface area contributed by atoms with E-state index in [0.29, 0.717) is 18.6 Å². The van der Waals surface area contributed by atoms with E-state index in [9.17, 15) is 14.4 Å². The summed E-state index contributed by atoms with van der Waals surface area (Å²) in [4.78, 5) is 15.1. The zero-order valence-corrected chi connectivity index (χ0v) is 18.6. The van der Waals surface area contributed by atoms with Crippen LogP contribution in [0.25, 0.3) is 16.7 Å². The second-order valence-electron chi connectivity index (χ2n) is 9.25. The van der Waals surface area contributed by atoms with E-state index in [1.807, 2.05) is 41.3 Å². The molecule has 0 aromatic heterocycles. The molecule has 1 aliphatic carbocycles. The first-order valence-electron chi connectivity index (χ1n) is 11.7. The molecule has 1 amide bonds. The Balaban J connectivity index is 1.21. The number of hydrogen-bond donors (Lipinski definition) is 0. The molecule has 0 spiro atoms. The van der Waals surface area contributed by atoms with Crippen LogP contribution in [0.4, 0.5) is 9.18 Å². The fourth-order valence-corrected chi connectivity index (χ4v) is 5.84. The van der Waals surface area contributed by atoms with Crippen LogP contribution >= 0.6 is 0 Å². The Morgan fingerprint density at radius 2 is 1.74 bits per heavy atom. The predicted octanol–water partition coefficient (Wildman–Crippen LogP) is 6.27. The molecular weight excluding hydrogens is 427 g/mol. The Bertz CT molecular complexity index is 1330. The summed E-state index contributed by atoms with van der Waals surface area (Å²) in [7, 11) is 0. The molecule has 3 aromatic carbocycles. The number of rotatable bonds is 3. The van der Waals surface area contributed by atoms with Crippen molar-refractivity contribution in [3.05, 3.63) is 101 Å². The lowest BCUT2D eigenvalue weighted by Crippen LogP contribution is -2.43. The van der Waals surface area contributed by atoms with Gasteiger partial charge in [0.05, 0.1) is 17.7 Å². The Morgan fingerprint density at radius 1 is 1.03 bits per heavy atom. The van der Waals surface area contributed by atoms with Gasteiger partial charge in [-0.05, 0) is 70.9 Å². The van der Waals surface area contributed by atoms with E-state index in [0.717, 1.165) is 24.0 Å². The summed E-state index contributed by atoms with van der Waals surface area (Å²) in [5.41, 5.74) is 6.82. The largest absolute Gasteiger partial charge is 0.448 e. The first kappa shape index (κ1) is 20.7. The predicted molar refractivity (Wildman–Crippen MR) is 127 cm³/mol. The van der Waals surface area contributed by atoms with E-state index in [1.165, 1.54) is 34.4 Å². The number of ether oxygens (including phenoxy) is 1. The van der Waals surface area contributed by atoms with Crippen molar-refractivity contribution in [3.63, 3.8) is 0 Å². The molecule has 4 nitrogen and oxygen atoms in total. The highest BCUT2D eigenvalue weighted by molar-refractivity contribution is 5.79. The van der Waals surface area contributed by atoms with Gasteiger partial charge in [-0.2, -0.15) is 5.26 Å². The smallest absolute Gasteiger partial charge is 0.410 e. The normalized spacial score (nSPS) is 20.4. The summed E-state index contributed by atoms with van der Waals surface area (Å²) in [5, 5.41) is 9.18. The molecule has 2 unspecified atom stereocenters. The summed E-state index contributed by atoms with van der Waals surface area (Å²) < 4.78 is 19.9. The van der Waals surface area contributed by atoms with Crippen LogP contribution in [0.5, 0.6) is 0 Å². The van der Waals surface area contributed by atoms with E-state index in [1.54, 1.807) is 6.07 Å². The number of halogens is 1. The summed E-state index contributed by atoms with van der Waals surface area (Å²) in [6.45, 7) is 0.300. The van der Waals surface area contributed by atoms with Crippen molar-refractivity contribution >= 4 is 11.7 Å². The van der Waals surface area contributed by atoms with Crippen LogP contribution in [0.3, 0.4) is 0 Å². The summed E-state index contributed by atoms with van der Waals surface area (Å²) in [6.07, 6.45) is 4.13. The van der Waals surface area contributed by atoms with Crippen molar-refractivity contribution in [3.8, 4) is 17.2 Å². The van der Waals surface area contributed by atoms with Crippen molar-refractivity contribution in [1.82, 2.24) is 4.90 Å². The molecule has 3 aliphatic rings. The number of hydrogen-bond acceptors (Lipinski definition) is 3. The lowest BCUT2D eigenvalue weighted by Gasteiger charge is -2.33. The van der Waals surface area contributed by atoms with Gasteiger partial charge in [-0.3, -0.25) is 4.90 Å². The maximum Gasteiger partial charge on any atom is 0.410 e. The molecule has 0 saturated carbocycles. The Morgan fingerprint density at radius 3 is 2.41 bits per heavy atom. The average molecular weight is 451 g/mol. The fourth-order valence-electron chi connectivity index (χ4n) is 5.84. The number of carbonyl (C=O) groups excluding carboxylic acids is 1. The van der Waals surface area contributed by atoms with Gasteiger partial charge in [-0.15, -0.1) is 0 Å². The molecule has 2 heterocycles. The number of fused-ring (bicyclic) bond motifs is 5. The van der Waals surface area contributed by atoms with Crippen LogP contribution in [-0.2, 0) is 4.74 Å². The molecule has 0 radical (unpaired) electrons. The zero-order chi connectivity index (χ0) is 23.2. The molecule has 2 atom stereocenters. The summed E-state index contributed by atoms with van der Waals surface area (Å²) in [6, 6.07) is 23.0.